The number of rotatable bonds is 8. The molecule has 190 valence electrons. The number of carbonyl (C=O) groups is 1. The third-order valence-corrected chi connectivity index (χ3v) is 7.10. The van der Waals surface area contributed by atoms with Gasteiger partial charge in [0.2, 0.25) is 11.2 Å². The van der Waals surface area contributed by atoms with E-state index in [0.29, 0.717) is 0 Å². The molecule has 2 heterocycles. The zero-order valence-electron chi connectivity index (χ0n) is 22.0. The molecule has 0 unspecified atom stereocenters. The first-order valence-corrected chi connectivity index (χ1v) is 13.2. The van der Waals surface area contributed by atoms with Crippen molar-refractivity contribution in [2.24, 2.45) is 0 Å². The van der Waals surface area contributed by atoms with E-state index in [1.807, 2.05) is 48.6 Å². The van der Waals surface area contributed by atoms with Gasteiger partial charge in [-0.3, -0.25) is 4.79 Å². The summed E-state index contributed by atoms with van der Waals surface area (Å²) < 4.78 is 2.17. The van der Waals surface area contributed by atoms with Crippen LogP contribution in [0.4, 0.5) is 5.69 Å². The number of fused-ring (bicyclic) bond motifs is 2. The van der Waals surface area contributed by atoms with Crippen LogP contribution in [0.15, 0.2) is 96.4 Å². The maximum Gasteiger partial charge on any atom is 0.212 e. The van der Waals surface area contributed by atoms with E-state index in [4.69, 9.17) is 0 Å². The second kappa shape index (κ2) is 10.5. The van der Waals surface area contributed by atoms with Crippen LogP contribution in [0.5, 0.6) is 0 Å². The molecule has 0 amide bonds. The summed E-state index contributed by atoms with van der Waals surface area (Å²) >= 11 is 0. The van der Waals surface area contributed by atoms with Gasteiger partial charge in [0.1, 0.15) is 6.54 Å². The van der Waals surface area contributed by atoms with Crippen LogP contribution in [-0.2, 0) is 11.3 Å². The van der Waals surface area contributed by atoms with Crippen molar-refractivity contribution in [3.05, 3.63) is 119 Å². The smallest absolute Gasteiger partial charge is 0.212 e. The van der Waals surface area contributed by atoms with Crippen molar-refractivity contribution in [1.82, 2.24) is 0 Å². The molecule has 0 bridgehead atoms. The van der Waals surface area contributed by atoms with E-state index in [1.165, 1.54) is 0 Å². The van der Waals surface area contributed by atoms with Crippen LogP contribution in [0.1, 0.15) is 49.1 Å². The lowest BCUT2D eigenvalue weighted by Crippen LogP contribution is -2.38. The highest BCUT2D eigenvalue weighted by Gasteiger charge is 2.29. The highest BCUT2D eigenvalue weighted by atomic mass is 16.3. The zero-order chi connectivity index (χ0) is 26.8. The minimum absolute atomic E-state index is 0.203. The van der Waals surface area contributed by atoms with Crippen LogP contribution in [-0.4, -0.2) is 12.3 Å². The summed E-state index contributed by atoms with van der Waals surface area (Å²) in [5, 5.41) is 14.3. The molecule has 2 aromatic carbocycles. The summed E-state index contributed by atoms with van der Waals surface area (Å²) in [4.78, 5) is 15.4. The molecule has 1 aliphatic heterocycles. The van der Waals surface area contributed by atoms with Gasteiger partial charge in [-0.1, -0.05) is 57.1 Å². The first-order valence-electron chi connectivity index (χ1n) is 13.2. The van der Waals surface area contributed by atoms with Crippen molar-refractivity contribution in [2.45, 2.75) is 33.2 Å². The van der Waals surface area contributed by atoms with Crippen molar-refractivity contribution in [1.29, 1.82) is 0 Å². The van der Waals surface area contributed by atoms with E-state index < -0.39 is 0 Å². The molecule has 1 aliphatic carbocycles. The summed E-state index contributed by atoms with van der Waals surface area (Å²) in [7, 11) is 0. The fraction of sp³-hybridized carbons (Fsp3) is 0.176. The van der Waals surface area contributed by atoms with Gasteiger partial charge in [0.15, 0.2) is 5.78 Å². The lowest BCUT2D eigenvalue weighted by atomic mass is 9.86. The normalized spacial score (nSPS) is 16.8. The Hall–Kier alpha value is -4.44. The lowest BCUT2D eigenvalue weighted by molar-refractivity contribution is -0.673. The Morgan fingerprint density at radius 2 is 1.68 bits per heavy atom. The Bertz CT molecular complexity index is 1600. The fourth-order valence-corrected chi connectivity index (χ4v) is 5.16. The van der Waals surface area contributed by atoms with E-state index in [-0.39, 0.29) is 22.7 Å². The van der Waals surface area contributed by atoms with Crippen molar-refractivity contribution in [3.8, 4) is 0 Å². The minimum Gasteiger partial charge on any atom is -0.871 e. The minimum atomic E-state index is -0.203. The van der Waals surface area contributed by atoms with Crippen LogP contribution in [0, 0.1) is 0 Å². The number of carbonyl (C=O) groups excluding carboxylic acids is 1. The van der Waals surface area contributed by atoms with Crippen LogP contribution in [0.3, 0.4) is 0 Å². The number of hydrogen-bond donors (Lipinski definition) is 0. The summed E-state index contributed by atoms with van der Waals surface area (Å²) in [6.45, 7) is 13.5. The number of pyridine rings is 1. The molecule has 5 rings (SSSR count). The third kappa shape index (κ3) is 4.43. The van der Waals surface area contributed by atoms with E-state index >= 15 is 0 Å². The van der Waals surface area contributed by atoms with Crippen molar-refractivity contribution in [3.63, 3.8) is 0 Å². The average molecular weight is 501 g/mol. The molecule has 0 saturated heterocycles. The molecule has 0 fully saturated rings. The highest BCUT2D eigenvalue weighted by Crippen LogP contribution is 2.35. The topological polar surface area (TPSA) is 47.2 Å². The van der Waals surface area contributed by atoms with Crippen molar-refractivity contribution < 1.29 is 14.5 Å². The Morgan fingerprint density at radius 1 is 0.921 bits per heavy atom. The molecule has 0 saturated carbocycles. The Morgan fingerprint density at radius 3 is 2.39 bits per heavy atom. The van der Waals surface area contributed by atoms with Gasteiger partial charge >= 0.3 is 0 Å². The van der Waals surface area contributed by atoms with Gasteiger partial charge in [-0.25, -0.2) is 0 Å². The van der Waals surface area contributed by atoms with E-state index in [1.54, 1.807) is 12.2 Å². The second-order valence-corrected chi connectivity index (χ2v) is 9.64. The largest absolute Gasteiger partial charge is 0.871 e. The number of allylic oxidation sites excluding steroid dienone is 4. The molecule has 4 nitrogen and oxygen atoms in total. The maximum absolute atomic E-state index is 13.2. The number of ketones is 1. The second-order valence-electron chi connectivity index (χ2n) is 9.64. The number of benzene rings is 2. The Labute approximate surface area is 224 Å². The molecule has 0 N–H and O–H groups in total. The molecular weight excluding hydrogens is 468 g/mol. The van der Waals surface area contributed by atoms with Gasteiger partial charge in [-0.2, -0.15) is 4.57 Å². The van der Waals surface area contributed by atoms with Gasteiger partial charge in [0, 0.05) is 59.1 Å². The zero-order valence-corrected chi connectivity index (χ0v) is 22.0. The van der Waals surface area contributed by atoms with Crippen LogP contribution in [0.25, 0.3) is 35.2 Å². The quantitative estimate of drug-likeness (QED) is 0.272. The number of aryl methyl sites for hydroxylation is 1. The number of nitrogens with zero attached hydrogens (tertiary/aromatic N) is 2. The van der Waals surface area contributed by atoms with Crippen LogP contribution >= 0.6 is 0 Å². The van der Waals surface area contributed by atoms with E-state index in [2.05, 4.69) is 60.7 Å². The monoisotopic (exact) mass is 500 g/mol. The standard InChI is InChI=1S/C34H32N2O2/c1-5-17-35-27(13-11-25-19-23(7-3)9-15-31(25)35)21-29-33(37)30(34(29)38)22-28-14-12-26-20-24(8-4)10-16-32(26)36(28)18-6-2/h7-16,19-22H,3-6,17-18H2,1-2H3. The van der Waals surface area contributed by atoms with Crippen LogP contribution in [0.2, 0.25) is 0 Å². The predicted molar refractivity (Wildman–Crippen MR) is 156 cm³/mol. The van der Waals surface area contributed by atoms with Crippen LogP contribution < -0.4 is 14.6 Å². The summed E-state index contributed by atoms with van der Waals surface area (Å²) in [6, 6.07) is 16.4. The summed E-state index contributed by atoms with van der Waals surface area (Å²) in [6.07, 6.45) is 13.0. The molecule has 0 spiro atoms. The third-order valence-electron chi connectivity index (χ3n) is 7.10. The first-order chi connectivity index (χ1) is 18.5. The number of hydrogen-bond acceptors (Lipinski definition) is 3. The SMILES string of the molecule is C=Cc1ccc2c(c1)C=C/C(=C/C1=C([O-])C(=C/c3ccc4cc(C=C)ccc4[n+]3CCC)/C1=O)N2CCC. The molecule has 2 aliphatic rings. The van der Waals surface area contributed by atoms with Gasteiger partial charge in [0.05, 0.1) is 0 Å². The maximum atomic E-state index is 13.2. The Balaban J connectivity index is 1.52. The molecule has 0 radical (unpaired) electrons. The molecule has 38 heavy (non-hydrogen) atoms. The molecular formula is C34H32N2O2. The molecule has 0 atom stereocenters. The van der Waals surface area contributed by atoms with Gasteiger partial charge in [0.25, 0.3) is 0 Å². The lowest BCUT2D eigenvalue weighted by Gasteiger charge is -2.33. The van der Waals surface area contributed by atoms with Crippen molar-refractivity contribution >= 4 is 46.7 Å². The summed E-state index contributed by atoms with van der Waals surface area (Å²) in [5.41, 5.74) is 7.53. The van der Waals surface area contributed by atoms with Gasteiger partial charge in [-0.05, 0) is 65.6 Å². The highest BCUT2D eigenvalue weighted by molar-refractivity contribution is 6.23. The average Bonchev–Trinajstić information content (AvgIpc) is 2.95. The Kier molecular flexibility index (Phi) is 6.97. The van der Waals surface area contributed by atoms with Crippen molar-refractivity contribution in [2.75, 3.05) is 11.4 Å². The molecule has 1 aromatic heterocycles. The predicted octanol–water partition coefficient (Wildman–Crippen LogP) is 6.23. The van der Waals surface area contributed by atoms with Gasteiger partial charge < -0.3 is 10.0 Å². The molecule has 3 aromatic rings. The number of Topliss-reactive ketones (excluding diaryl/α,β-unsaturated/α-hetero) is 1. The number of anilines is 1. The molecule has 4 heteroatoms. The van der Waals surface area contributed by atoms with E-state index in [0.717, 1.165) is 70.6 Å². The van der Waals surface area contributed by atoms with Gasteiger partial charge in [-0.15, -0.1) is 0 Å². The fourth-order valence-electron chi connectivity index (χ4n) is 5.16. The van der Waals surface area contributed by atoms with E-state index in [9.17, 15) is 9.90 Å². The first kappa shape index (κ1) is 25.2. The number of aromatic nitrogens is 1. The summed E-state index contributed by atoms with van der Waals surface area (Å²) in [5.74, 6) is -0.407.